The molecule has 2 aromatic carbocycles. The van der Waals surface area contributed by atoms with Gasteiger partial charge in [0.2, 0.25) is 0 Å². The molecule has 2 rings (SSSR count). The molecule has 7 nitrogen and oxygen atoms in total. The first kappa shape index (κ1) is 20.9. The van der Waals surface area contributed by atoms with Gasteiger partial charge in [0.1, 0.15) is 11.6 Å². The van der Waals surface area contributed by atoms with Gasteiger partial charge in [0, 0.05) is 18.7 Å². The van der Waals surface area contributed by atoms with E-state index in [-0.39, 0.29) is 25.4 Å². The van der Waals surface area contributed by atoms with Crippen LogP contribution in [0.15, 0.2) is 48.5 Å². The van der Waals surface area contributed by atoms with Gasteiger partial charge < -0.3 is 20.1 Å². The Morgan fingerprint density at radius 3 is 2.46 bits per heavy atom. The lowest BCUT2D eigenvalue weighted by Gasteiger charge is -2.09. The molecular weight excluding hydrogens is 367 g/mol. The highest BCUT2D eigenvalue weighted by molar-refractivity contribution is 5.97. The molecule has 2 N–H and O–H groups in total. The van der Waals surface area contributed by atoms with Gasteiger partial charge in [-0.05, 0) is 18.2 Å². The zero-order valence-corrected chi connectivity index (χ0v) is 15.4. The van der Waals surface area contributed by atoms with E-state index in [4.69, 9.17) is 9.47 Å². The molecule has 0 heterocycles. The smallest absolute Gasteiger partial charge is 0.308 e. The van der Waals surface area contributed by atoms with Crippen LogP contribution in [0.4, 0.5) is 4.39 Å². The van der Waals surface area contributed by atoms with Crippen LogP contribution in [0.1, 0.15) is 22.3 Å². The van der Waals surface area contributed by atoms with Crippen molar-refractivity contribution < 1.29 is 28.2 Å². The molecule has 28 heavy (non-hydrogen) atoms. The van der Waals surface area contributed by atoms with E-state index in [0.29, 0.717) is 16.9 Å². The lowest BCUT2D eigenvalue weighted by molar-refractivity contribution is -0.148. The van der Waals surface area contributed by atoms with E-state index in [1.165, 1.54) is 13.2 Å². The van der Waals surface area contributed by atoms with Crippen LogP contribution in [0.3, 0.4) is 0 Å². The number of amides is 2. The summed E-state index contributed by atoms with van der Waals surface area (Å²) in [6.45, 7) is -0.432. The summed E-state index contributed by atoms with van der Waals surface area (Å²) < 4.78 is 23.4. The van der Waals surface area contributed by atoms with Gasteiger partial charge in [-0.2, -0.15) is 0 Å². The molecular formula is C20H21FN2O5. The molecule has 0 atom stereocenters. The molecule has 2 aromatic rings. The fraction of sp³-hybridized carbons (Fsp3) is 0.250. The minimum Gasteiger partial charge on any atom is -0.496 e. The average Bonchev–Trinajstić information content (AvgIpc) is 2.71. The molecule has 0 unspecified atom stereocenters. The first-order chi connectivity index (χ1) is 13.5. The SMILES string of the molecule is COc1ccccc1C(=O)NCCC(=O)OCC(=O)NCc1ccccc1F. The lowest BCUT2D eigenvalue weighted by atomic mass is 10.2. The zero-order chi connectivity index (χ0) is 20.4. The highest BCUT2D eigenvalue weighted by atomic mass is 19.1. The van der Waals surface area contributed by atoms with Crippen molar-refractivity contribution in [2.45, 2.75) is 13.0 Å². The van der Waals surface area contributed by atoms with Gasteiger partial charge in [0.05, 0.1) is 19.1 Å². The van der Waals surface area contributed by atoms with Crippen LogP contribution in [-0.4, -0.2) is 38.0 Å². The number of hydrogen-bond donors (Lipinski definition) is 2. The number of hydrogen-bond acceptors (Lipinski definition) is 5. The van der Waals surface area contributed by atoms with Gasteiger partial charge in [-0.25, -0.2) is 4.39 Å². The Morgan fingerprint density at radius 1 is 1.00 bits per heavy atom. The number of para-hydroxylation sites is 1. The van der Waals surface area contributed by atoms with Crippen LogP contribution in [0.25, 0.3) is 0 Å². The van der Waals surface area contributed by atoms with Gasteiger partial charge >= 0.3 is 5.97 Å². The Balaban J connectivity index is 1.66. The maximum atomic E-state index is 13.5. The Labute approximate surface area is 161 Å². The average molecular weight is 388 g/mol. The van der Waals surface area contributed by atoms with Gasteiger partial charge in [0.25, 0.3) is 11.8 Å². The number of esters is 1. The van der Waals surface area contributed by atoms with Crippen molar-refractivity contribution in [3.8, 4) is 5.75 Å². The monoisotopic (exact) mass is 388 g/mol. The van der Waals surface area contributed by atoms with Crippen LogP contribution in [0.5, 0.6) is 5.75 Å². The lowest BCUT2D eigenvalue weighted by Crippen LogP contribution is -2.30. The Hall–Kier alpha value is -3.42. The molecule has 0 fully saturated rings. The molecule has 2 amide bonds. The van der Waals surface area contributed by atoms with E-state index in [1.54, 1.807) is 42.5 Å². The van der Waals surface area contributed by atoms with Crippen molar-refractivity contribution in [2.75, 3.05) is 20.3 Å². The van der Waals surface area contributed by atoms with Crippen molar-refractivity contribution in [3.05, 3.63) is 65.5 Å². The third-order valence-electron chi connectivity index (χ3n) is 3.76. The standard InChI is InChI=1S/C20H21FN2O5/c1-27-17-9-5-3-7-15(17)20(26)22-11-10-19(25)28-13-18(24)23-12-14-6-2-4-8-16(14)21/h2-9H,10-13H2,1H3,(H,22,26)(H,23,24). The van der Waals surface area contributed by atoms with E-state index in [9.17, 15) is 18.8 Å². The van der Waals surface area contributed by atoms with Crippen molar-refractivity contribution in [2.24, 2.45) is 0 Å². The second kappa shape index (κ2) is 10.7. The van der Waals surface area contributed by atoms with Crippen LogP contribution < -0.4 is 15.4 Å². The van der Waals surface area contributed by atoms with Crippen molar-refractivity contribution >= 4 is 17.8 Å². The summed E-state index contributed by atoms with van der Waals surface area (Å²) >= 11 is 0. The second-order valence-electron chi connectivity index (χ2n) is 5.74. The molecule has 0 aliphatic rings. The topological polar surface area (TPSA) is 93.7 Å². The van der Waals surface area contributed by atoms with Crippen LogP contribution in [-0.2, 0) is 20.9 Å². The Bertz CT molecular complexity index is 841. The molecule has 0 radical (unpaired) electrons. The summed E-state index contributed by atoms with van der Waals surface area (Å²) in [5.41, 5.74) is 0.687. The Kier molecular flexibility index (Phi) is 7.95. The fourth-order valence-electron chi connectivity index (χ4n) is 2.31. The molecule has 0 aromatic heterocycles. The minimum atomic E-state index is -0.638. The molecule has 0 aliphatic heterocycles. The van der Waals surface area contributed by atoms with E-state index < -0.39 is 24.3 Å². The van der Waals surface area contributed by atoms with Crippen LogP contribution in [0, 0.1) is 5.82 Å². The minimum absolute atomic E-state index is 0.00196. The molecule has 0 saturated heterocycles. The maximum Gasteiger partial charge on any atom is 0.308 e. The summed E-state index contributed by atoms with van der Waals surface area (Å²) in [5, 5.41) is 5.05. The summed E-state index contributed by atoms with van der Waals surface area (Å²) in [6, 6.07) is 12.7. The number of benzene rings is 2. The maximum absolute atomic E-state index is 13.5. The summed E-state index contributed by atoms with van der Waals surface area (Å²) in [5.74, 6) is -1.57. The highest BCUT2D eigenvalue weighted by Crippen LogP contribution is 2.16. The summed E-state index contributed by atoms with van der Waals surface area (Å²) in [4.78, 5) is 35.4. The number of methoxy groups -OCH3 is 1. The molecule has 0 spiro atoms. The molecule has 8 heteroatoms. The van der Waals surface area contributed by atoms with Crippen LogP contribution in [0.2, 0.25) is 0 Å². The number of ether oxygens (including phenoxy) is 2. The number of rotatable bonds is 9. The molecule has 0 saturated carbocycles. The molecule has 0 bridgehead atoms. The first-order valence-corrected chi connectivity index (χ1v) is 8.58. The molecule has 148 valence electrons. The number of halogens is 1. The third-order valence-corrected chi connectivity index (χ3v) is 3.76. The first-order valence-electron chi connectivity index (χ1n) is 8.58. The Morgan fingerprint density at radius 2 is 1.71 bits per heavy atom. The fourth-order valence-corrected chi connectivity index (χ4v) is 2.31. The third kappa shape index (κ3) is 6.39. The van der Waals surface area contributed by atoms with E-state index in [1.807, 2.05) is 0 Å². The van der Waals surface area contributed by atoms with Gasteiger partial charge in [-0.1, -0.05) is 30.3 Å². The normalized spacial score (nSPS) is 10.1. The van der Waals surface area contributed by atoms with E-state index in [0.717, 1.165) is 0 Å². The second-order valence-corrected chi connectivity index (χ2v) is 5.74. The van der Waals surface area contributed by atoms with E-state index in [2.05, 4.69) is 10.6 Å². The number of nitrogens with one attached hydrogen (secondary N) is 2. The van der Waals surface area contributed by atoms with Crippen molar-refractivity contribution in [3.63, 3.8) is 0 Å². The van der Waals surface area contributed by atoms with Crippen LogP contribution >= 0.6 is 0 Å². The van der Waals surface area contributed by atoms with Crippen molar-refractivity contribution in [1.82, 2.24) is 10.6 Å². The van der Waals surface area contributed by atoms with Gasteiger partial charge in [-0.3, -0.25) is 14.4 Å². The van der Waals surface area contributed by atoms with Crippen molar-refractivity contribution in [1.29, 1.82) is 0 Å². The molecule has 0 aliphatic carbocycles. The largest absolute Gasteiger partial charge is 0.496 e. The van der Waals surface area contributed by atoms with Gasteiger partial charge in [-0.15, -0.1) is 0 Å². The zero-order valence-electron chi connectivity index (χ0n) is 15.4. The summed E-state index contributed by atoms with van der Waals surface area (Å²) in [7, 11) is 1.46. The predicted octanol–water partition coefficient (Wildman–Crippen LogP) is 1.81. The number of carbonyl (C=O) groups excluding carboxylic acids is 3. The van der Waals surface area contributed by atoms with Gasteiger partial charge in [0.15, 0.2) is 6.61 Å². The number of carbonyl (C=O) groups is 3. The van der Waals surface area contributed by atoms with E-state index >= 15 is 0 Å². The highest BCUT2D eigenvalue weighted by Gasteiger charge is 2.13. The predicted molar refractivity (Wildman–Crippen MR) is 99.1 cm³/mol. The quantitative estimate of drug-likeness (QED) is 0.639. The summed E-state index contributed by atoms with van der Waals surface area (Å²) in [6.07, 6.45) is -0.0958.